The molecule has 0 saturated heterocycles. The Labute approximate surface area is 260 Å². The van der Waals surface area contributed by atoms with Crippen LogP contribution in [0.3, 0.4) is 0 Å². The second kappa shape index (κ2) is 15.8. The van der Waals surface area contributed by atoms with Crippen LogP contribution in [0.25, 0.3) is 0 Å². The molecule has 3 rings (SSSR count). The van der Waals surface area contributed by atoms with Crippen LogP contribution in [0.15, 0.2) is 72.8 Å². The Balaban J connectivity index is 2.07. The van der Waals surface area contributed by atoms with Gasteiger partial charge in [0.15, 0.2) is 0 Å². The smallest absolute Gasteiger partial charge is 0.408 e. The predicted molar refractivity (Wildman–Crippen MR) is 172 cm³/mol. The van der Waals surface area contributed by atoms with Crippen LogP contribution >= 0.6 is 0 Å². The summed E-state index contributed by atoms with van der Waals surface area (Å²) in [7, 11) is 1.56. The van der Waals surface area contributed by atoms with Gasteiger partial charge in [0, 0.05) is 18.7 Å². The van der Waals surface area contributed by atoms with Gasteiger partial charge < -0.3 is 30.1 Å². The first-order valence-corrected chi connectivity index (χ1v) is 15.0. The highest BCUT2D eigenvalue weighted by molar-refractivity contribution is 5.99. The van der Waals surface area contributed by atoms with Crippen molar-refractivity contribution in [1.82, 2.24) is 10.2 Å². The van der Waals surface area contributed by atoms with Crippen LogP contribution < -0.4 is 15.4 Å². The van der Waals surface area contributed by atoms with E-state index < -0.39 is 35.6 Å². The number of aryl methyl sites for hydroxylation is 1. The number of rotatable bonds is 13. The molecule has 0 fully saturated rings. The minimum Gasteiger partial charge on any atom is -0.508 e. The number of hydrogen-bond acceptors (Lipinski definition) is 6. The Morgan fingerprint density at radius 1 is 0.955 bits per heavy atom. The molecule has 0 aromatic heterocycles. The largest absolute Gasteiger partial charge is 0.508 e. The zero-order valence-electron chi connectivity index (χ0n) is 26.6. The number of alkyl carbamates (subject to hydrolysis) is 1. The molecule has 3 amide bonds. The quantitative estimate of drug-likeness (QED) is 0.191. The number of carbonyl (C=O) groups is 3. The average Bonchev–Trinajstić information content (AvgIpc) is 2.97. The summed E-state index contributed by atoms with van der Waals surface area (Å²) in [6, 6.07) is 19.1. The van der Waals surface area contributed by atoms with E-state index in [1.54, 1.807) is 71.2 Å². The SMILES string of the molecule is CCCCCN(C(=O)C(Cc1ccccc1)NC(=O)OC(C)(C)C)C(C(=O)Nc1ccc(OC)cc1)c1ccc(O)c(C)c1. The third-order valence-electron chi connectivity index (χ3n) is 7.01. The molecule has 0 radical (unpaired) electrons. The lowest BCUT2D eigenvalue weighted by atomic mass is 9.98. The van der Waals surface area contributed by atoms with Gasteiger partial charge in [-0.25, -0.2) is 4.79 Å². The number of nitrogens with one attached hydrogen (secondary N) is 2. The molecule has 3 aromatic carbocycles. The number of ether oxygens (including phenoxy) is 2. The first-order chi connectivity index (χ1) is 20.9. The summed E-state index contributed by atoms with van der Waals surface area (Å²) in [6.45, 7) is 9.34. The molecule has 44 heavy (non-hydrogen) atoms. The van der Waals surface area contributed by atoms with Crippen LogP contribution in [0.1, 0.15) is 69.7 Å². The van der Waals surface area contributed by atoms with Gasteiger partial charge in [0.05, 0.1) is 7.11 Å². The van der Waals surface area contributed by atoms with Gasteiger partial charge in [0.1, 0.15) is 29.2 Å². The van der Waals surface area contributed by atoms with Gasteiger partial charge in [0.25, 0.3) is 5.91 Å². The van der Waals surface area contributed by atoms with E-state index in [4.69, 9.17) is 9.47 Å². The summed E-state index contributed by atoms with van der Waals surface area (Å²) in [5, 5.41) is 16.0. The van der Waals surface area contributed by atoms with E-state index in [-0.39, 0.29) is 18.7 Å². The normalized spacial score (nSPS) is 12.5. The van der Waals surface area contributed by atoms with Crippen molar-refractivity contribution in [2.45, 2.75) is 78.0 Å². The third kappa shape index (κ3) is 10.0. The second-order valence-corrected chi connectivity index (χ2v) is 11.8. The Hall–Kier alpha value is -4.53. The molecule has 2 atom stereocenters. The van der Waals surface area contributed by atoms with Crippen LogP contribution in [0.4, 0.5) is 10.5 Å². The van der Waals surface area contributed by atoms with Crippen LogP contribution in [0.5, 0.6) is 11.5 Å². The van der Waals surface area contributed by atoms with Crippen molar-refractivity contribution in [1.29, 1.82) is 0 Å². The maximum absolute atomic E-state index is 14.6. The number of nitrogens with zero attached hydrogens (tertiary/aromatic N) is 1. The van der Waals surface area contributed by atoms with Crippen molar-refractivity contribution in [3.05, 3.63) is 89.5 Å². The van der Waals surface area contributed by atoms with E-state index in [0.29, 0.717) is 29.0 Å². The molecule has 0 aliphatic carbocycles. The number of unbranched alkanes of at least 4 members (excludes halogenated alkanes) is 2. The number of phenols is 1. The number of hydrogen-bond donors (Lipinski definition) is 3. The molecule has 9 nitrogen and oxygen atoms in total. The van der Waals surface area contributed by atoms with Crippen molar-refractivity contribution in [2.75, 3.05) is 19.0 Å². The summed E-state index contributed by atoms with van der Waals surface area (Å²) >= 11 is 0. The molecular formula is C35H45N3O6. The maximum atomic E-state index is 14.6. The average molecular weight is 604 g/mol. The highest BCUT2D eigenvalue weighted by Gasteiger charge is 2.36. The lowest BCUT2D eigenvalue weighted by molar-refractivity contribution is -0.140. The monoisotopic (exact) mass is 603 g/mol. The second-order valence-electron chi connectivity index (χ2n) is 11.8. The van der Waals surface area contributed by atoms with Gasteiger partial charge in [-0.2, -0.15) is 0 Å². The van der Waals surface area contributed by atoms with Gasteiger partial charge in [0.2, 0.25) is 5.91 Å². The van der Waals surface area contributed by atoms with Crippen molar-refractivity contribution in [3.8, 4) is 11.5 Å². The number of methoxy groups -OCH3 is 1. The summed E-state index contributed by atoms with van der Waals surface area (Å²) in [4.78, 5) is 43.2. The molecule has 9 heteroatoms. The van der Waals surface area contributed by atoms with Gasteiger partial charge >= 0.3 is 6.09 Å². The van der Waals surface area contributed by atoms with Gasteiger partial charge in [-0.1, -0.05) is 56.2 Å². The molecular weight excluding hydrogens is 558 g/mol. The van der Waals surface area contributed by atoms with Crippen molar-refractivity contribution >= 4 is 23.6 Å². The van der Waals surface area contributed by atoms with E-state index in [0.717, 1.165) is 18.4 Å². The van der Waals surface area contributed by atoms with Crippen molar-refractivity contribution < 1.29 is 29.0 Å². The zero-order chi connectivity index (χ0) is 32.3. The summed E-state index contributed by atoms with van der Waals surface area (Å²) < 4.78 is 10.8. The standard InChI is InChI=1S/C35H45N3O6/c1-7-8-12-21-38(33(41)29(23-25-13-10-9-11-14-25)37-34(42)44-35(3,4)5)31(26-15-20-30(39)24(2)22-26)32(40)36-27-16-18-28(43-6)19-17-27/h9-11,13-20,22,29,31,39H,7-8,12,21,23H2,1-6H3,(H,36,40)(H,37,42). The maximum Gasteiger partial charge on any atom is 0.408 e. The Kier molecular flexibility index (Phi) is 12.2. The molecule has 0 heterocycles. The van der Waals surface area contributed by atoms with Crippen molar-refractivity contribution in [3.63, 3.8) is 0 Å². The summed E-state index contributed by atoms with van der Waals surface area (Å²) in [5.74, 6) is -0.125. The van der Waals surface area contributed by atoms with E-state index in [2.05, 4.69) is 17.6 Å². The Morgan fingerprint density at radius 3 is 2.23 bits per heavy atom. The number of phenolic OH excluding ortho intramolecular Hbond substituents is 1. The first-order valence-electron chi connectivity index (χ1n) is 15.0. The highest BCUT2D eigenvalue weighted by Crippen LogP contribution is 2.29. The molecule has 3 aromatic rings. The summed E-state index contributed by atoms with van der Waals surface area (Å²) in [6.07, 6.45) is 1.88. The van der Waals surface area contributed by atoms with Crippen molar-refractivity contribution in [2.24, 2.45) is 0 Å². The fourth-order valence-electron chi connectivity index (χ4n) is 4.81. The molecule has 0 aliphatic rings. The van der Waals surface area contributed by atoms with E-state index in [9.17, 15) is 19.5 Å². The Bertz CT molecular complexity index is 1390. The van der Waals surface area contributed by atoms with Gasteiger partial charge in [-0.3, -0.25) is 9.59 Å². The van der Waals surface area contributed by atoms with Gasteiger partial charge in [-0.05, 0) is 87.2 Å². The highest BCUT2D eigenvalue weighted by atomic mass is 16.6. The minimum atomic E-state index is -1.06. The fraction of sp³-hybridized carbons (Fsp3) is 0.400. The number of benzene rings is 3. The van der Waals surface area contributed by atoms with E-state index >= 15 is 0 Å². The van der Waals surface area contributed by atoms with Crippen LogP contribution in [-0.2, 0) is 20.7 Å². The topological polar surface area (TPSA) is 117 Å². The first kappa shape index (κ1) is 34.0. The van der Waals surface area contributed by atoms with E-state index in [1.807, 2.05) is 30.3 Å². The minimum absolute atomic E-state index is 0.0838. The molecule has 0 aliphatic heterocycles. The lowest BCUT2D eigenvalue weighted by Crippen LogP contribution is -2.53. The zero-order valence-corrected chi connectivity index (χ0v) is 26.6. The van der Waals surface area contributed by atoms with Gasteiger partial charge in [-0.15, -0.1) is 0 Å². The van der Waals surface area contributed by atoms with Crippen LogP contribution in [0, 0.1) is 6.92 Å². The lowest BCUT2D eigenvalue weighted by Gasteiger charge is -2.35. The molecule has 2 unspecified atom stereocenters. The Morgan fingerprint density at radius 2 is 1.64 bits per heavy atom. The number of carbonyl (C=O) groups excluding carboxylic acids is 3. The molecule has 0 spiro atoms. The number of anilines is 1. The van der Waals surface area contributed by atoms with Crippen LogP contribution in [0.2, 0.25) is 0 Å². The summed E-state index contributed by atoms with van der Waals surface area (Å²) in [5.41, 5.74) is 1.71. The third-order valence-corrected chi connectivity index (χ3v) is 7.01. The molecule has 3 N–H and O–H groups in total. The molecule has 236 valence electrons. The molecule has 0 bridgehead atoms. The fourth-order valence-corrected chi connectivity index (χ4v) is 4.81. The molecule has 0 saturated carbocycles. The number of aromatic hydroxyl groups is 1. The number of amides is 3. The predicted octanol–water partition coefficient (Wildman–Crippen LogP) is 6.54. The van der Waals surface area contributed by atoms with E-state index in [1.165, 1.54) is 11.0 Å². The van der Waals surface area contributed by atoms with Crippen LogP contribution in [-0.4, -0.2) is 53.2 Å².